The first-order valence-electron chi connectivity index (χ1n) is 7.87. The van der Waals surface area contributed by atoms with Crippen molar-refractivity contribution >= 4 is 22.9 Å². The van der Waals surface area contributed by atoms with Crippen LogP contribution in [0.1, 0.15) is 18.4 Å². The molecule has 2 unspecified atom stereocenters. The Balaban J connectivity index is 2.02. The highest BCUT2D eigenvalue weighted by Gasteiger charge is 2.34. The molecule has 1 aromatic heterocycles. The molecule has 1 aromatic carbocycles. The third kappa shape index (κ3) is 3.15. The van der Waals surface area contributed by atoms with Crippen molar-refractivity contribution in [2.75, 3.05) is 18.1 Å². The highest BCUT2D eigenvalue weighted by molar-refractivity contribution is 7.09. The molecule has 0 bridgehead atoms. The maximum Gasteiger partial charge on any atom is 0.268 e. The lowest BCUT2D eigenvalue weighted by Crippen LogP contribution is -2.49. The molecule has 0 aliphatic carbocycles. The second-order valence-electron chi connectivity index (χ2n) is 5.73. The van der Waals surface area contributed by atoms with E-state index in [0.717, 1.165) is 16.3 Å². The highest BCUT2D eigenvalue weighted by atomic mass is 32.1. The predicted octanol–water partition coefficient (Wildman–Crippen LogP) is 1.98. The van der Waals surface area contributed by atoms with Crippen LogP contribution in [0.4, 0.5) is 5.69 Å². The minimum atomic E-state index is -0.998. The molecule has 0 fully saturated rings. The summed E-state index contributed by atoms with van der Waals surface area (Å²) < 4.78 is 5.78. The maximum absolute atomic E-state index is 12.6. The van der Waals surface area contributed by atoms with Gasteiger partial charge in [-0.2, -0.15) is 0 Å². The highest BCUT2D eigenvalue weighted by Crippen LogP contribution is 2.38. The van der Waals surface area contributed by atoms with Gasteiger partial charge in [0.1, 0.15) is 5.75 Å². The molecule has 2 heterocycles. The first-order chi connectivity index (χ1) is 11.5. The second kappa shape index (κ2) is 6.88. The van der Waals surface area contributed by atoms with Crippen LogP contribution in [0.3, 0.4) is 0 Å². The molecule has 2 atom stereocenters. The predicted molar refractivity (Wildman–Crippen MR) is 92.4 cm³/mol. The van der Waals surface area contributed by atoms with Crippen LogP contribution in [0, 0.1) is 6.92 Å². The number of ether oxygens (including phenoxy) is 1. The van der Waals surface area contributed by atoms with Gasteiger partial charge >= 0.3 is 0 Å². The van der Waals surface area contributed by atoms with E-state index in [1.165, 1.54) is 4.90 Å². The van der Waals surface area contributed by atoms with Gasteiger partial charge in [-0.3, -0.25) is 4.79 Å². The zero-order valence-corrected chi connectivity index (χ0v) is 14.4. The van der Waals surface area contributed by atoms with Crippen molar-refractivity contribution < 1.29 is 19.7 Å². The van der Waals surface area contributed by atoms with Gasteiger partial charge in [-0.1, -0.05) is 6.92 Å². The number of rotatable bonds is 5. The molecule has 2 N–H and O–H groups in total. The smallest absolute Gasteiger partial charge is 0.268 e. The number of carbonyl (C=O) groups excluding carboxylic acids is 1. The van der Waals surface area contributed by atoms with E-state index in [4.69, 9.17) is 9.84 Å². The molecule has 0 saturated heterocycles. The Bertz CT molecular complexity index is 746. The van der Waals surface area contributed by atoms with Crippen LogP contribution in [0.15, 0.2) is 23.6 Å². The average molecular weight is 348 g/mol. The summed E-state index contributed by atoms with van der Waals surface area (Å²) in [5.41, 5.74) is 2.32. The molecule has 7 heteroatoms. The summed E-state index contributed by atoms with van der Waals surface area (Å²) in [6.07, 6.45) is -1.03. The number of anilines is 1. The van der Waals surface area contributed by atoms with Gasteiger partial charge in [0, 0.05) is 10.9 Å². The van der Waals surface area contributed by atoms with Gasteiger partial charge in [-0.15, -0.1) is 11.3 Å². The molecule has 6 nitrogen and oxygen atoms in total. The number of carbonyl (C=O) groups is 1. The minimum Gasteiger partial charge on any atom is -0.478 e. The Morgan fingerprint density at radius 1 is 1.46 bits per heavy atom. The lowest BCUT2D eigenvalue weighted by atomic mass is 10.1. The molecule has 1 amide bonds. The summed E-state index contributed by atoms with van der Waals surface area (Å²) in [6, 6.07) is 5.58. The second-order valence-corrected chi connectivity index (χ2v) is 6.80. The quantitative estimate of drug-likeness (QED) is 0.863. The number of aliphatic hydroxyl groups is 2. The summed E-state index contributed by atoms with van der Waals surface area (Å²) in [6.45, 7) is 3.44. The largest absolute Gasteiger partial charge is 0.478 e. The standard InChI is InChI=1S/C17H20N2O4S/c1-3-15-17(22)19(7-12(21)8-20)14-6-11(4-5-16(14)23-15)13-9-24-10(2)18-13/h4-6,9,12,15,20-21H,3,7-8H2,1-2H3. The Morgan fingerprint density at radius 3 is 2.88 bits per heavy atom. The number of aryl methyl sites for hydroxylation is 1. The van der Waals surface area contributed by atoms with Crippen LogP contribution < -0.4 is 9.64 Å². The number of thiazole rings is 1. The fourth-order valence-corrected chi connectivity index (χ4v) is 3.32. The monoisotopic (exact) mass is 348 g/mol. The van der Waals surface area contributed by atoms with Crippen molar-refractivity contribution in [3.8, 4) is 17.0 Å². The number of amides is 1. The van der Waals surface area contributed by atoms with Gasteiger partial charge in [0.25, 0.3) is 5.91 Å². The lowest BCUT2D eigenvalue weighted by molar-refractivity contribution is -0.126. The van der Waals surface area contributed by atoms with Crippen LogP contribution in [-0.2, 0) is 4.79 Å². The first-order valence-corrected chi connectivity index (χ1v) is 8.75. The van der Waals surface area contributed by atoms with E-state index in [1.54, 1.807) is 11.3 Å². The van der Waals surface area contributed by atoms with Crippen LogP contribution in [0.5, 0.6) is 5.75 Å². The molecule has 0 saturated carbocycles. The van der Waals surface area contributed by atoms with Crippen molar-refractivity contribution in [2.45, 2.75) is 32.5 Å². The number of β-amino-alcohol motifs (C(OH)–C–C–N with tert-alkyl or cyclic N) is 1. The molecule has 24 heavy (non-hydrogen) atoms. The van der Waals surface area contributed by atoms with Crippen LogP contribution in [0.25, 0.3) is 11.3 Å². The molecule has 2 aromatic rings. The Hall–Kier alpha value is -1.96. The molecule has 1 aliphatic rings. The molecule has 1 aliphatic heterocycles. The Morgan fingerprint density at radius 2 is 2.25 bits per heavy atom. The van der Waals surface area contributed by atoms with Crippen LogP contribution in [-0.4, -0.2) is 46.5 Å². The SMILES string of the molecule is CCC1Oc2ccc(-c3csc(C)n3)cc2N(CC(O)CO)C1=O. The van der Waals surface area contributed by atoms with E-state index in [9.17, 15) is 9.90 Å². The third-order valence-electron chi connectivity index (χ3n) is 3.95. The lowest BCUT2D eigenvalue weighted by Gasteiger charge is -2.35. The zero-order chi connectivity index (χ0) is 17.3. The summed E-state index contributed by atoms with van der Waals surface area (Å²) in [5, 5.41) is 21.9. The van der Waals surface area contributed by atoms with E-state index in [-0.39, 0.29) is 12.5 Å². The van der Waals surface area contributed by atoms with Crippen LogP contribution >= 0.6 is 11.3 Å². The minimum absolute atomic E-state index is 0.0295. The van der Waals surface area contributed by atoms with Crippen LogP contribution in [0.2, 0.25) is 0 Å². The Labute approximate surface area is 144 Å². The Kier molecular flexibility index (Phi) is 4.84. The summed E-state index contributed by atoms with van der Waals surface area (Å²) in [4.78, 5) is 18.6. The van der Waals surface area contributed by atoms with Gasteiger partial charge in [-0.05, 0) is 31.5 Å². The van der Waals surface area contributed by atoms with Gasteiger partial charge in [0.15, 0.2) is 6.10 Å². The van der Waals surface area contributed by atoms with E-state index in [0.29, 0.717) is 17.9 Å². The number of hydrogen-bond acceptors (Lipinski definition) is 6. The number of nitrogens with zero attached hydrogens (tertiary/aromatic N) is 2. The van der Waals surface area contributed by atoms with E-state index >= 15 is 0 Å². The summed E-state index contributed by atoms with van der Waals surface area (Å²) in [7, 11) is 0. The molecule has 0 radical (unpaired) electrons. The maximum atomic E-state index is 12.6. The number of hydrogen-bond donors (Lipinski definition) is 2. The number of fused-ring (bicyclic) bond motifs is 1. The molecular formula is C17H20N2O4S. The van der Waals surface area contributed by atoms with E-state index < -0.39 is 18.8 Å². The van der Waals surface area contributed by atoms with Gasteiger partial charge in [0.05, 0.1) is 35.6 Å². The van der Waals surface area contributed by atoms with Gasteiger partial charge in [-0.25, -0.2) is 4.98 Å². The average Bonchev–Trinajstić information content (AvgIpc) is 3.03. The fourth-order valence-electron chi connectivity index (χ4n) is 2.69. The van der Waals surface area contributed by atoms with Crippen molar-refractivity contribution in [2.24, 2.45) is 0 Å². The fraction of sp³-hybridized carbons (Fsp3) is 0.412. The molecular weight excluding hydrogens is 328 g/mol. The van der Waals surface area contributed by atoms with Gasteiger partial charge < -0.3 is 19.8 Å². The van der Waals surface area contributed by atoms with E-state index in [2.05, 4.69) is 4.98 Å². The zero-order valence-electron chi connectivity index (χ0n) is 13.6. The molecule has 3 rings (SSSR count). The third-order valence-corrected chi connectivity index (χ3v) is 4.72. The van der Waals surface area contributed by atoms with Crippen molar-refractivity contribution in [3.05, 3.63) is 28.6 Å². The van der Waals surface area contributed by atoms with Crippen molar-refractivity contribution in [1.29, 1.82) is 0 Å². The first kappa shape index (κ1) is 16.9. The van der Waals surface area contributed by atoms with Gasteiger partial charge in [0.2, 0.25) is 0 Å². The van der Waals surface area contributed by atoms with E-state index in [1.807, 2.05) is 37.4 Å². The van der Waals surface area contributed by atoms with Crippen molar-refractivity contribution in [1.82, 2.24) is 4.98 Å². The van der Waals surface area contributed by atoms with Crippen molar-refractivity contribution in [3.63, 3.8) is 0 Å². The topological polar surface area (TPSA) is 82.9 Å². The normalized spacial score (nSPS) is 18.2. The summed E-state index contributed by atoms with van der Waals surface area (Å²) >= 11 is 1.56. The molecule has 128 valence electrons. The number of aromatic nitrogens is 1. The number of aliphatic hydroxyl groups excluding tert-OH is 2. The molecule has 0 spiro atoms. The summed E-state index contributed by atoms with van der Waals surface area (Å²) in [5.74, 6) is 0.395. The number of benzene rings is 1.